The number of rotatable bonds is 10. The number of carbonyl (C=O) groups is 2. The van der Waals surface area contributed by atoms with Gasteiger partial charge in [-0.1, -0.05) is 109 Å². The third-order valence-electron chi connectivity index (χ3n) is 5.49. The number of carbonyl (C=O) groups excluding carboxylic acids is 2. The van der Waals surface area contributed by atoms with Crippen molar-refractivity contribution in [3.8, 4) is 0 Å². The molecule has 0 aliphatic carbocycles. The van der Waals surface area contributed by atoms with Gasteiger partial charge in [0.15, 0.2) is 5.96 Å². The maximum absolute atomic E-state index is 12.0. The third-order valence-corrected chi connectivity index (χ3v) is 5.49. The summed E-state index contributed by atoms with van der Waals surface area (Å²) in [6, 6.07) is 20.5. The molecule has 270 valence electrons. The Morgan fingerprint density at radius 1 is 0.776 bits per heavy atom. The fraction of sp³-hybridized carbons (Fsp3) is 0.417. The van der Waals surface area contributed by atoms with Gasteiger partial charge in [-0.15, -0.1) is 0 Å². The Hall–Kier alpha value is -5.17. The monoisotopic (exact) mass is 679 g/mol. The molecule has 0 aliphatic heterocycles. The summed E-state index contributed by atoms with van der Waals surface area (Å²) in [6.07, 6.45) is 2.17. The molecule has 1 heterocycles. The Morgan fingerprint density at radius 3 is 1.49 bits per heavy atom. The summed E-state index contributed by atoms with van der Waals surface area (Å²) in [6.45, 7) is 20.1. The molecule has 0 fully saturated rings. The lowest BCUT2D eigenvalue weighted by Gasteiger charge is -2.12. The van der Waals surface area contributed by atoms with E-state index in [2.05, 4.69) is 60.0 Å². The normalized spacial score (nSPS) is 9.78. The fourth-order valence-electron chi connectivity index (χ4n) is 2.88. The number of nitrogens with zero attached hydrogens (tertiary/aromatic N) is 4. The number of alkyl carbamates (subject to hydrolysis) is 2. The number of hydrogen-bond acceptors (Lipinski definition) is 8. The molecule has 1 aromatic heterocycles. The zero-order valence-electron chi connectivity index (χ0n) is 30.1. The number of allylic oxidation sites excluding steroid dienone is 1. The second kappa shape index (κ2) is 26.9. The van der Waals surface area contributed by atoms with Crippen LogP contribution in [0.25, 0.3) is 5.70 Å². The average molecular weight is 680 g/mol. The highest BCUT2D eigenvalue weighted by Gasteiger charge is 2.12. The van der Waals surface area contributed by atoms with Gasteiger partial charge >= 0.3 is 12.2 Å². The number of guanidine groups is 2. The summed E-state index contributed by atoms with van der Waals surface area (Å²) in [5.74, 6) is 1.62. The van der Waals surface area contributed by atoms with Crippen molar-refractivity contribution in [2.75, 3.05) is 19.6 Å². The fourth-order valence-corrected chi connectivity index (χ4v) is 2.88. The lowest BCUT2D eigenvalue weighted by molar-refractivity contribution is 0.141. The second-order valence-corrected chi connectivity index (χ2v) is 11.9. The van der Waals surface area contributed by atoms with Gasteiger partial charge in [-0.3, -0.25) is 20.6 Å². The average Bonchev–Trinajstić information content (AvgIpc) is 3.62. The molecule has 3 aromatic rings. The maximum Gasteiger partial charge on any atom is 0.414 e. The van der Waals surface area contributed by atoms with Crippen molar-refractivity contribution in [3.63, 3.8) is 0 Å². The highest BCUT2D eigenvalue weighted by molar-refractivity contribution is 6.01. The van der Waals surface area contributed by atoms with Crippen LogP contribution in [0.1, 0.15) is 59.6 Å². The number of benzene rings is 2. The molecule has 0 saturated carbocycles. The first-order valence-electron chi connectivity index (χ1n) is 16.1. The minimum atomic E-state index is -0.713. The Labute approximate surface area is 292 Å². The van der Waals surface area contributed by atoms with E-state index in [0.29, 0.717) is 18.4 Å². The molecule has 0 saturated heterocycles. The van der Waals surface area contributed by atoms with Gasteiger partial charge in [0, 0.05) is 31.2 Å². The van der Waals surface area contributed by atoms with Crippen LogP contribution in [0.5, 0.6) is 0 Å². The standard InChI is InChI=1S/C21H25N3O4.C6H8N2.C5H13N3.C4H11N/c1-16(2)13-22-19(23-20(25)27-14-17-9-5-3-6-10-17)24-21(26)28-15-18-11-7-4-8-12-18;1-6(2)8-5-3-4-7-8;1-4(2)3-8-5(6)7;1-4(2)3-5/h3-12,16H,13-15H2,1-2H3,(H2,22,23,24,25,26);3-5H,1H2,2H3;4H,3H2,1-2H3,(H4,6,7,8);4H,3,5H2,1-2H3. The van der Waals surface area contributed by atoms with Crippen LogP contribution in [0.15, 0.2) is 95.7 Å². The van der Waals surface area contributed by atoms with E-state index in [1.54, 1.807) is 10.9 Å². The first kappa shape index (κ1) is 43.8. The molecule has 2 amide bonds. The molecule has 8 N–H and O–H groups in total. The van der Waals surface area contributed by atoms with Crippen molar-refractivity contribution in [2.45, 2.75) is 61.7 Å². The minimum Gasteiger partial charge on any atom is -0.444 e. The van der Waals surface area contributed by atoms with Gasteiger partial charge in [0.25, 0.3) is 0 Å². The molecule has 49 heavy (non-hydrogen) atoms. The molecule has 0 bridgehead atoms. The SMILES string of the molecule is C=C(C)n1cccn1.CC(C)CN.CC(C)CN=C(N)N.CC(C)CN=C(NC(=O)OCc1ccccc1)NC(=O)OCc1ccccc1. The summed E-state index contributed by atoms with van der Waals surface area (Å²) in [7, 11) is 0. The highest BCUT2D eigenvalue weighted by Crippen LogP contribution is 2.02. The van der Waals surface area contributed by atoms with Crippen molar-refractivity contribution in [1.82, 2.24) is 20.4 Å². The molecular formula is C36H57N9O4. The predicted molar refractivity (Wildman–Crippen MR) is 199 cm³/mol. The molecular weight excluding hydrogens is 622 g/mol. The van der Waals surface area contributed by atoms with Crippen LogP contribution >= 0.6 is 0 Å². The van der Waals surface area contributed by atoms with E-state index < -0.39 is 12.2 Å². The smallest absolute Gasteiger partial charge is 0.414 e. The topological polar surface area (TPSA) is 197 Å². The number of aliphatic imine (C=N–C) groups is 2. The van der Waals surface area contributed by atoms with Gasteiger partial charge in [0.1, 0.15) is 13.2 Å². The van der Waals surface area contributed by atoms with Gasteiger partial charge in [-0.2, -0.15) is 5.10 Å². The van der Waals surface area contributed by atoms with Crippen molar-refractivity contribution in [1.29, 1.82) is 0 Å². The molecule has 0 aliphatic rings. The van der Waals surface area contributed by atoms with Crippen LogP contribution in [-0.2, 0) is 22.7 Å². The summed E-state index contributed by atoms with van der Waals surface area (Å²) < 4.78 is 12.0. The Kier molecular flexibility index (Phi) is 24.0. The molecule has 0 radical (unpaired) electrons. The maximum atomic E-state index is 12.0. The first-order chi connectivity index (χ1) is 23.2. The van der Waals surface area contributed by atoms with Gasteiger partial charge in [-0.05, 0) is 48.4 Å². The molecule has 0 atom stereocenters. The van der Waals surface area contributed by atoms with Crippen LogP contribution in [0, 0.1) is 17.8 Å². The molecule has 0 spiro atoms. The van der Waals surface area contributed by atoms with Crippen LogP contribution in [0.4, 0.5) is 9.59 Å². The Morgan fingerprint density at radius 2 is 1.20 bits per heavy atom. The lowest BCUT2D eigenvalue weighted by Crippen LogP contribution is -2.44. The zero-order chi connectivity index (χ0) is 37.0. The number of aromatic nitrogens is 2. The molecule has 2 aromatic carbocycles. The van der Waals surface area contributed by atoms with E-state index in [1.807, 2.05) is 93.7 Å². The van der Waals surface area contributed by atoms with Gasteiger partial charge in [0.2, 0.25) is 5.96 Å². The lowest BCUT2D eigenvalue weighted by atomic mass is 10.2. The summed E-state index contributed by atoms with van der Waals surface area (Å²) in [4.78, 5) is 32.1. The molecule has 3 rings (SSSR count). The van der Waals surface area contributed by atoms with Crippen molar-refractivity contribution >= 4 is 29.8 Å². The Bertz CT molecular complexity index is 1300. The van der Waals surface area contributed by atoms with Crippen molar-refractivity contribution in [2.24, 2.45) is 44.9 Å². The van der Waals surface area contributed by atoms with E-state index in [0.717, 1.165) is 29.9 Å². The molecule has 0 unspecified atom stereocenters. The van der Waals surface area contributed by atoms with E-state index in [-0.39, 0.29) is 31.1 Å². The summed E-state index contributed by atoms with van der Waals surface area (Å²) >= 11 is 0. The van der Waals surface area contributed by atoms with E-state index in [9.17, 15) is 9.59 Å². The Balaban J connectivity index is 0.000000882. The van der Waals surface area contributed by atoms with E-state index in [1.165, 1.54) is 0 Å². The number of hydrogen-bond donors (Lipinski definition) is 5. The van der Waals surface area contributed by atoms with E-state index >= 15 is 0 Å². The van der Waals surface area contributed by atoms with Crippen LogP contribution in [0.3, 0.4) is 0 Å². The van der Waals surface area contributed by atoms with Crippen LogP contribution < -0.4 is 27.8 Å². The van der Waals surface area contributed by atoms with Gasteiger partial charge in [0.05, 0.1) is 0 Å². The predicted octanol–water partition coefficient (Wildman–Crippen LogP) is 5.74. The van der Waals surface area contributed by atoms with Crippen LogP contribution in [0.2, 0.25) is 0 Å². The minimum absolute atomic E-state index is 0.00942. The number of nitrogens with one attached hydrogen (secondary N) is 2. The largest absolute Gasteiger partial charge is 0.444 e. The first-order valence-corrected chi connectivity index (χ1v) is 16.1. The van der Waals surface area contributed by atoms with Gasteiger partial charge in [-0.25, -0.2) is 14.3 Å². The number of ether oxygens (including phenoxy) is 2. The summed E-state index contributed by atoms with van der Waals surface area (Å²) in [5, 5.41) is 8.83. The number of amides is 2. The van der Waals surface area contributed by atoms with Crippen molar-refractivity contribution < 1.29 is 19.1 Å². The quantitative estimate of drug-likeness (QED) is 0.132. The molecule has 13 heteroatoms. The molecule has 13 nitrogen and oxygen atoms in total. The van der Waals surface area contributed by atoms with Gasteiger partial charge < -0.3 is 26.7 Å². The zero-order valence-corrected chi connectivity index (χ0v) is 30.1. The second-order valence-electron chi connectivity index (χ2n) is 11.9. The van der Waals surface area contributed by atoms with Crippen molar-refractivity contribution in [3.05, 3.63) is 96.8 Å². The summed E-state index contributed by atoms with van der Waals surface area (Å²) in [5.41, 5.74) is 18.0. The van der Waals surface area contributed by atoms with E-state index in [4.69, 9.17) is 26.7 Å². The highest BCUT2D eigenvalue weighted by atomic mass is 16.6. The number of nitrogens with two attached hydrogens (primary N) is 3. The third kappa shape index (κ3) is 26.6. The van der Waals surface area contributed by atoms with Crippen LogP contribution in [-0.4, -0.2) is 53.5 Å².